The predicted molar refractivity (Wildman–Crippen MR) is 70.1 cm³/mol. The number of aromatic nitrogens is 1. The molecule has 0 atom stereocenters. The highest BCUT2D eigenvalue weighted by molar-refractivity contribution is 5.65. The summed E-state index contributed by atoms with van der Waals surface area (Å²) in [6, 6.07) is 10.4. The molecule has 0 fully saturated rings. The fourth-order valence-corrected chi connectivity index (χ4v) is 1.74. The molecule has 0 saturated carbocycles. The maximum Gasteiger partial charge on any atom is 0.275 e. The highest BCUT2D eigenvalue weighted by Crippen LogP contribution is 2.24. The van der Waals surface area contributed by atoms with E-state index in [9.17, 15) is 10.1 Å². The summed E-state index contributed by atoms with van der Waals surface area (Å²) in [5.41, 5.74) is 8.06. The van der Waals surface area contributed by atoms with Crippen LogP contribution in [0.5, 0.6) is 0 Å². The molecule has 0 bridgehead atoms. The maximum atomic E-state index is 10.8. The molecule has 0 unspecified atom stereocenters. The molecule has 0 spiro atoms. The van der Waals surface area contributed by atoms with E-state index in [0.717, 1.165) is 17.5 Å². The lowest BCUT2D eigenvalue weighted by Gasteiger charge is -2.04. The number of nitro groups is 1. The number of nitrogens with two attached hydrogens (primary N) is 1. The van der Waals surface area contributed by atoms with Crippen molar-refractivity contribution in [2.24, 2.45) is 0 Å². The average molecular weight is 243 g/mol. The first-order valence-corrected chi connectivity index (χ1v) is 5.61. The summed E-state index contributed by atoms with van der Waals surface area (Å²) in [6.45, 7) is 2.05. The molecule has 2 N–H and O–H groups in total. The molecule has 0 aliphatic rings. The number of hydrogen-bond acceptors (Lipinski definition) is 4. The molecule has 5 nitrogen and oxygen atoms in total. The Morgan fingerprint density at radius 1 is 1.33 bits per heavy atom. The second-order valence-electron chi connectivity index (χ2n) is 3.95. The van der Waals surface area contributed by atoms with Crippen molar-refractivity contribution in [1.29, 1.82) is 0 Å². The third-order valence-electron chi connectivity index (χ3n) is 2.67. The van der Waals surface area contributed by atoms with Crippen LogP contribution in [0, 0.1) is 10.1 Å². The van der Waals surface area contributed by atoms with Gasteiger partial charge in [0.2, 0.25) is 0 Å². The van der Waals surface area contributed by atoms with Gasteiger partial charge in [0.15, 0.2) is 0 Å². The summed E-state index contributed by atoms with van der Waals surface area (Å²) in [4.78, 5) is 14.5. The molecule has 0 amide bonds. The van der Waals surface area contributed by atoms with Gasteiger partial charge in [0.05, 0.1) is 16.7 Å². The van der Waals surface area contributed by atoms with Gasteiger partial charge in [0, 0.05) is 11.6 Å². The summed E-state index contributed by atoms with van der Waals surface area (Å²) in [7, 11) is 0. The number of aryl methyl sites for hydroxylation is 1. The zero-order chi connectivity index (χ0) is 13.1. The minimum atomic E-state index is -0.467. The number of hydrogen-bond donors (Lipinski definition) is 1. The summed E-state index contributed by atoms with van der Waals surface area (Å²) in [5.74, 6) is 0.154. The lowest BCUT2D eigenvalue weighted by Crippen LogP contribution is -1.96. The van der Waals surface area contributed by atoms with E-state index in [-0.39, 0.29) is 11.5 Å². The average Bonchev–Trinajstić information content (AvgIpc) is 2.38. The molecule has 0 radical (unpaired) electrons. The Labute approximate surface area is 104 Å². The molecule has 2 aromatic rings. The van der Waals surface area contributed by atoms with Gasteiger partial charge >= 0.3 is 0 Å². The Morgan fingerprint density at radius 2 is 2.11 bits per heavy atom. The quantitative estimate of drug-likeness (QED) is 0.663. The fourth-order valence-electron chi connectivity index (χ4n) is 1.74. The molecule has 0 saturated heterocycles. The Morgan fingerprint density at radius 3 is 2.78 bits per heavy atom. The highest BCUT2D eigenvalue weighted by atomic mass is 16.6. The van der Waals surface area contributed by atoms with Crippen molar-refractivity contribution >= 4 is 11.5 Å². The number of anilines is 1. The first kappa shape index (κ1) is 12.0. The second kappa shape index (κ2) is 4.83. The van der Waals surface area contributed by atoms with Crippen LogP contribution < -0.4 is 5.73 Å². The number of benzene rings is 1. The lowest BCUT2D eigenvalue weighted by molar-refractivity contribution is -0.384. The van der Waals surface area contributed by atoms with E-state index in [1.54, 1.807) is 0 Å². The van der Waals surface area contributed by atoms with Crippen LogP contribution in [0.25, 0.3) is 11.3 Å². The van der Waals surface area contributed by atoms with Gasteiger partial charge in [-0.3, -0.25) is 10.1 Å². The number of nitrogens with zero attached hydrogens (tertiary/aromatic N) is 2. The normalized spacial score (nSPS) is 10.3. The van der Waals surface area contributed by atoms with Crippen molar-refractivity contribution in [1.82, 2.24) is 4.98 Å². The molecule has 1 aromatic heterocycles. The summed E-state index contributed by atoms with van der Waals surface area (Å²) in [5, 5.41) is 10.8. The Balaban J connectivity index is 2.52. The Kier molecular flexibility index (Phi) is 3.23. The Hall–Kier alpha value is -2.43. The lowest BCUT2D eigenvalue weighted by atomic mass is 10.1. The third-order valence-corrected chi connectivity index (χ3v) is 2.67. The first-order chi connectivity index (χ1) is 8.60. The van der Waals surface area contributed by atoms with Crippen molar-refractivity contribution in [2.45, 2.75) is 13.3 Å². The molecule has 2 rings (SSSR count). The van der Waals surface area contributed by atoms with E-state index in [2.05, 4.69) is 4.98 Å². The third kappa shape index (κ3) is 2.45. The fraction of sp³-hybridized carbons (Fsp3) is 0.154. The minimum Gasteiger partial charge on any atom is -0.383 e. The van der Waals surface area contributed by atoms with Crippen LogP contribution in [0.4, 0.5) is 11.5 Å². The molecule has 1 heterocycles. The van der Waals surface area contributed by atoms with Gasteiger partial charge in [0.1, 0.15) is 5.82 Å². The van der Waals surface area contributed by atoms with Crippen molar-refractivity contribution in [2.75, 3.05) is 5.73 Å². The zero-order valence-corrected chi connectivity index (χ0v) is 9.96. The number of pyridine rings is 1. The van der Waals surface area contributed by atoms with Crippen LogP contribution in [0.3, 0.4) is 0 Å². The largest absolute Gasteiger partial charge is 0.383 e. The molecular weight excluding hydrogens is 230 g/mol. The van der Waals surface area contributed by atoms with Gasteiger partial charge in [-0.05, 0) is 18.1 Å². The molecule has 1 aromatic carbocycles. The van der Waals surface area contributed by atoms with Crippen LogP contribution in [-0.2, 0) is 6.42 Å². The topological polar surface area (TPSA) is 82.0 Å². The van der Waals surface area contributed by atoms with Gasteiger partial charge < -0.3 is 5.73 Å². The van der Waals surface area contributed by atoms with Gasteiger partial charge in [0.25, 0.3) is 5.69 Å². The van der Waals surface area contributed by atoms with Gasteiger partial charge in [-0.25, -0.2) is 4.98 Å². The zero-order valence-electron chi connectivity index (χ0n) is 9.96. The van der Waals surface area contributed by atoms with Crippen LogP contribution in [0.1, 0.15) is 12.5 Å². The van der Waals surface area contributed by atoms with Crippen LogP contribution in [0.15, 0.2) is 36.4 Å². The SMILES string of the molecule is CCc1cccc(-c2cc([N+](=O)[O-])cc(N)n2)c1. The van der Waals surface area contributed by atoms with E-state index in [0.29, 0.717) is 5.69 Å². The summed E-state index contributed by atoms with van der Waals surface area (Å²) in [6.07, 6.45) is 0.901. The standard InChI is InChI=1S/C13H13N3O2/c1-2-9-4-3-5-10(6-9)12-7-11(16(17)18)8-13(14)15-12/h3-8H,2H2,1H3,(H2,14,15). The second-order valence-corrected chi connectivity index (χ2v) is 3.95. The van der Waals surface area contributed by atoms with E-state index >= 15 is 0 Å². The predicted octanol–water partition coefficient (Wildman–Crippen LogP) is 2.80. The van der Waals surface area contributed by atoms with E-state index < -0.39 is 4.92 Å². The smallest absolute Gasteiger partial charge is 0.275 e. The van der Waals surface area contributed by atoms with Gasteiger partial charge in [-0.2, -0.15) is 0 Å². The van der Waals surface area contributed by atoms with Crippen LogP contribution in [-0.4, -0.2) is 9.91 Å². The summed E-state index contributed by atoms with van der Waals surface area (Å²) < 4.78 is 0. The Bertz CT molecular complexity index is 597. The van der Waals surface area contributed by atoms with Gasteiger partial charge in [-0.1, -0.05) is 25.1 Å². The molecular formula is C13H13N3O2. The van der Waals surface area contributed by atoms with Gasteiger partial charge in [-0.15, -0.1) is 0 Å². The van der Waals surface area contributed by atoms with Crippen molar-refractivity contribution < 1.29 is 4.92 Å². The van der Waals surface area contributed by atoms with Crippen molar-refractivity contribution in [3.05, 3.63) is 52.1 Å². The highest BCUT2D eigenvalue weighted by Gasteiger charge is 2.11. The molecule has 18 heavy (non-hydrogen) atoms. The molecule has 92 valence electrons. The summed E-state index contributed by atoms with van der Waals surface area (Å²) >= 11 is 0. The minimum absolute atomic E-state index is 0.0422. The van der Waals surface area contributed by atoms with Crippen molar-refractivity contribution in [3.8, 4) is 11.3 Å². The number of rotatable bonds is 3. The first-order valence-electron chi connectivity index (χ1n) is 5.61. The maximum absolute atomic E-state index is 10.8. The monoisotopic (exact) mass is 243 g/mol. The van der Waals surface area contributed by atoms with Crippen LogP contribution in [0.2, 0.25) is 0 Å². The molecule has 0 aliphatic heterocycles. The van der Waals surface area contributed by atoms with E-state index in [1.165, 1.54) is 12.1 Å². The molecule has 0 aliphatic carbocycles. The van der Waals surface area contributed by atoms with Crippen molar-refractivity contribution in [3.63, 3.8) is 0 Å². The van der Waals surface area contributed by atoms with E-state index in [1.807, 2.05) is 31.2 Å². The van der Waals surface area contributed by atoms with Crippen LogP contribution >= 0.6 is 0 Å². The number of nitrogen functional groups attached to an aromatic ring is 1. The van der Waals surface area contributed by atoms with E-state index in [4.69, 9.17) is 5.73 Å². The molecule has 5 heteroatoms.